The predicted molar refractivity (Wildman–Crippen MR) is 63.1 cm³/mol. The summed E-state index contributed by atoms with van der Waals surface area (Å²) in [5.74, 6) is -0.330. The molecule has 0 saturated heterocycles. The first-order valence-corrected chi connectivity index (χ1v) is 5.31. The van der Waals surface area contributed by atoms with Crippen LogP contribution in [0.25, 0.3) is 0 Å². The molecule has 0 bridgehead atoms. The Morgan fingerprint density at radius 1 is 1.19 bits per heavy atom. The lowest BCUT2D eigenvalue weighted by molar-refractivity contribution is -0.127. The van der Waals surface area contributed by atoms with Gasteiger partial charge in [-0.2, -0.15) is 0 Å². The molecule has 0 aromatic heterocycles. The second-order valence-corrected chi connectivity index (χ2v) is 4.07. The molecule has 1 rings (SSSR count). The van der Waals surface area contributed by atoms with Crippen LogP contribution in [0, 0.1) is 13.8 Å². The molecule has 0 unspecified atom stereocenters. The second-order valence-electron chi connectivity index (χ2n) is 4.07. The summed E-state index contributed by atoms with van der Waals surface area (Å²) in [6.07, 6.45) is -0.0369. The molecule has 16 heavy (non-hydrogen) atoms. The summed E-state index contributed by atoms with van der Waals surface area (Å²) in [6.45, 7) is 5.98. The molecule has 0 spiro atoms. The van der Waals surface area contributed by atoms with Gasteiger partial charge in [0.25, 0.3) is 0 Å². The minimum absolute atomic E-state index is 0.0369. The third-order valence-electron chi connectivity index (χ3n) is 2.47. The number of Topliss-reactive ketones (excluding diaryl/α,β-unsaturated/α-hetero) is 1. The van der Waals surface area contributed by atoms with Gasteiger partial charge in [0.2, 0.25) is 5.91 Å². The molecule has 0 aliphatic carbocycles. The first-order chi connectivity index (χ1) is 7.49. The van der Waals surface area contributed by atoms with Gasteiger partial charge in [0, 0.05) is 6.54 Å². The monoisotopic (exact) mass is 219 g/mol. The highest BCUT2D eigenvalue weighted by Gasteiger charge is 2.04. The Morgan fingerprint density at radius 2 is 1.88 bits per heavy atom. The van der Waals surface area contributed by atoms with Crippen molar-refractivity contribution < 1.29 is 9.59 Å². The van der Waals surface area contributed by atoms with Gasteiger partial charge in [0.15, 0.2) is 0 Å². The maximum absolute atomic E-state index is 11.2. The Hall–Kier alpha value is -1.64. The van der Waals surface area contributed by atoms with Crippen molar-refractivity contribution in [1.82, 2.24) is 5.32 Å². The fourth-order valence-electron chi connectivity index (χ4n) is 1.40. The fraction of sp³-hybridized carbons (Fsp3) is 0.385. The van der Waals surface area contributed by atoms with E-state index in [-0.39, 0.29) is 18.1 Å². The first kappa shape index (κ1) is 12.4. The lowest BCUT2D eigenvalue weighted by Crippen LogP contribution is -2.24. The molecule has 0 saturated carbocycles. The van der Waals surface area contributed by atoms with Crippen molar-refractivity contribution in [2.24, 2.45) is 0 Å². The predicted octanol–water partition coefficient (Wildman–Crippen LogP) is 1.90. The average Bonchev–Trinajstić information content (AvgIpc) is 2.19. The number of ketones is 1. The van der Waals surface area contributed by atoms with Crippen molar-refractivity contribution >= 4 is 11.7 Å². The van der Waals surface area contributed by atoms with Crippen LogP contribution in [0.4, 0.5) is 0 Å². The van der Waals surface area contributed by atoms with E-state index in [1.165, 1.54) is 18.1 Å². The quantitative estimate of drug-likeness (QED) is 0.786. The lowest BCUT2D eigenvalue weighted by Gasteiger charge is -2.06. The largest absolute Gasteiger partial charge is 0.352 e. The van der Waals surface area contributed by atoms with Gasteiger partial charge < -0.3 is 5.32 Å². The van der Waals surface area contributed by atoms with E-state index < -0.39 is 0 Å². The molecule has 0 aliphatic heterocycles. The molecule has 0 radical (unpaired) electrons. The summed E-state index contributed by atoms with van der Waals surface area (Å²) >= 11 is 0. The van der Waals surface area contributed by atoms with Crippen LogP contribution < -0.4 is 5.32 Å². The van der Waals surface area contributed by atoms with Crippen molar-refractivity contribution in [3.05, 3.63) is 34.9 Å². The number of amides is 1. The molecule has 0 fully saturated rings. The molecule has 0 heterocycles. The summed E-state index contributed by atoms with van der Waals surface area (Å²) in [7, 11) is 0. The Kier molecular flexibility index (Phi) is 4.23. The van der Waals surface area contributed by atoms with E-state index in [1.54, 1.807) is 0 Å². The summed E-state index contributed by atoms with van der Waals surface area (Å²) in [4.78, 5) is 22.0. The Balaban J connectivity index is 2.51. The van der Waals surface area contributed by atoms with E-state index in [1.807, 2.05) is 32.0 Å². The molecule has 3 nitrogen and oxygen atoms in total. The molecule has 3 heteroatoms. The number of rotatable bonds is 4. The third-order valence-corrected chi connectivity index (χ3v) is 2.47. The number of carbonyl (C=O) groups excluding carboxylic acids is 2. The van der Waals surface area contributed by atoms with E-state index in [2.05, 4.69) is 5.32 Å². The number of benzene rings is 1. The second kappa shape index (κ2) is 5.45. The van der Waals surface area contributed by atoms with E-state index in [9.17, 15) is 9.59 Å². The van der Waals surface area contributed by atoms with Crippen LogP contribution in [0.2, 0.25) is 0 Å². The van der Waals surface area contributed by atoms with Crippen molar-refractivity contribution in [1.29, 1.82) is 0 Å². The molecule has 1 aromatic rings. The highest BCUT2D eigenvalue weighted by atomic mass is 16.2. The number of nitrogens with one attached hydrogen (secondary N) is 1. The molecule has 0 atom stereocenters. The van der Waals surface area contributed by atoms with Gasteiger partial charge >= 0.3 is 0 Å². The number of hydrogen-bond acceptors (Lipinski definition) is 2. The maximum Gasteiger partial charge on any atom is 0.227 e. The SMILES string of the molecule is CC(=O)CC(=O)NCc1ccc(C)c(C)c1. The minimum Gasteiger partial charge on any atom is -0.352 e. The van der Waals surface area contributed by atoms with E-state index >= 15 is 0 Å². The number of aryl methyl sites for hydroxylation is 2. The Bertz CT molecular complexity index is 410. The zero-order chi connectivity index (χ0) is 12.1. The van der Waals surface area contributed by atoms with E-state index in [0.29, 0.717) is 6.54 Å². The first-order valence-electron chi connectivity index (χ1n) is 5.31. The van der Waals surface area contributed by atoms with E-state index in [4.69, 9.17) is 0 Å². The highest BCUT2D eigenvalue weighted by molar-refractivity contribution is 5.96. The van der Waals surface area contributed by atoms with Crippen LogP contribution in [0.5, 0.6) is 0 Å². The van der Waals surface area contributed by atoms with Crippen LogP contribution in [-0.2, 0) is 16.1 Å². The van der Waals surface area contributed by atoms with Gasteiger partial charge in [-0.15, -0.1) is 0 Å². The fourth-order valence-corrected chi connectivity index (χ4v) is 1.40. The van der Waals surface area contributed by atoms with Crippen LogP contribution in [-0.4, -0.2) is 11.7 Å². The van der Waals surface area contributed by atoms with Crippen LogP contribution in [0.1, 0.15) is 30.0 Å². The van der Waals surface area contributed by atoms with Gasteiger partial charge in [0.05, 0.1) is 6.42 Å². The minimum atomic E-state index is -0.217. The summed E-state index contributed by atoms with van der Waals surface area (Å²) in [5, 5.41) is 2.72. The average molecular weight is 219 g/mol. The summed E-state index contributed by atoms with van der Waals surface area (Å²) < 4.78 is 0. The van der Waals surface area contributed by atoms with Crippen molar-refractivity contribution in [2.75, 3.05) is 0 Å². The van der Waals surface area contributed by atoms with Crippen molar-refractivity contribution in [3.63, 3.8) is 0 Å². The topological polar surface area (TPSA) is 46.2 Å². The molecular weight excluding hydrogens is 202 g/mol. The maximum atomic E-state index is 11.2. The Morgan fingerprint density at radius 3 is 2.44 bits per heavy atom. The third kappa shape index (κ3) is 3.85. The number of carbonyl (C=O) groups is 2. The molecular formula is C13H17NO2. The molecule has 86 valence electrons. The molecule has 1 amide bonds. The smallest absolute Gasteiger partial charge is 0.227 e. The van der Waals surface area contributed by atoms with Gasteiger partial charge in [-0.05, 0) is 37.5 Å². The molecule has 0 aliphatic rings. The summed E-state index contributed by atoms with van der Waals surface area (Å²) in [6, 6.07) is 6.06. The van der Waals surface area contributed by atoms with Crippen LogP contribution in [0.3, 0.4) is 0 Å². The normalized spacial score (nSPS) is 9.94. The van der Waals surface area contributed by atoms with Gasteiger partial charge in [0.1, 0.15) is 5.78 Å². The summed E-state index contributed by atoms with van der Waals surface area (Å²) in [5.41, 5.74) is 3.50. The Labute approximate surface area is 95.9 Å². The van der Waals surface area contributed by atoms with Crippen LogP contribution in [0.15, 0.2) is 18.2 Å². The molecule has 1 aromatic carbocycles. The zero-order valence-corrected chi connectivity index (χ0v) is 9.96. The number of hydrogen-bond donors (Lipinski definition) is 1. The van der Waals surface area contributed by atoms with Crippen molar-refractivity contribution in [3.8, 4) is 0 Å². The zero-order valence-electron chi connectivity index (χ0n) is 9.96. The molecule has 1 N–H and O–H groups in total. The van der Waals surface area contributed by atoms with Crippen LogP contribution >= 0.6 is 0 Å². The lowest BCUT2D eigenvalue weighted by atomic mass is 10.1. The van der Waals surface area contributed by atoms with Gasteiger partial charge in [-0.25, -0.2) is 0 Å². The highest BCUT2D eigenvalue weighted by Crippen LogP contribution is 2.09. The standard InChI is InChI=1S/C13H17NO2/c1-9-4-5-12(6-10(9)2)8-14-13(16)7-11(3)15/h4-6H,7-8H2,1-3H3,(H,14,16). The van der Waals surface area contributed by atoms with Crippen molar-refractivity contribution in [2.45, 2.75) is 33.7 Å². The van der Waals surface area contributed by atoms with Gasteiger partial charge in [-0.1, -0.05) is 18.2 Å². The van der Waals surface area contributed by atoms with Gasteiger partial charge in [-0.3, -0.25) is 9.59 Å². The van der Waals surface area contributed by atoms with E-state index in [0.717, 1.165) is 5.56 Å².